The molecular weight excluding hydrogens is 324 g/mol. The minimum Gasteiger partial charge on any atom is -0.480 e. The number of carboxylic acids is 1. The number of aliphatic carboxylic acids is 1. The number of methoxy groups -OCH3 is 1. The molecule has 138 valence electrons. The van der Waals surface area contributed by atoms with E-state index in [9.17, 15) is 19.5 Å². The fourth-order valence-electron chi connectivity index (χ4n) is 2.34. The third kappa shape index (κ3) is 6.19. The van der Waals surface area contributed by atoms with Crippen molar-refractivity contribution >= 4 is 17.8 Å². The molecule has 1 aromatic rings. The Balaban J connectivity index is 2.84. The van der Waals surface area contributed by atoms with E-state index in [4.69, 9.17) is 4.74 Å². The molecule has 0 aliphatic carbocycles. The van der Waals surface area contributed by atoms with Gasteiger partial charge in [0.1, 0.15) is 12.1 Å². The summed E-state index contributed by atoms with van der Waals surface area (Å²) in [5.41, 5.74) is 1.28. The van der Waals surface area contributed by atoms with Gasteiger partial charge in [-0.15, -0.1) is 0 Å². The number of carboxylic acid groups (broad SMARTS) is 1. The number of carbonyl (C=O) groups is 3. The van der Waals surface area contributed by atoms with Crippen molar-refractivity contribution in [3.63, 3.8) is 0 Å². The molecule has 3 N–H and O–H groups in total. The second kappa shape index (κ2) is 9.78. The Morgan fingerprint density at radius 2 is 1.80 bits per heavy atom. The van der Waals surface area contributed by atoms with Gasteiger partial charge >= 0.3 is 5.97 Å². The van der Waals surface area contributed by atoms with E-state index in [0.29, 0.717) is 5.56 Å². The standard InChI is InChI=1S/C18H26N2O5/c1-11(2)15(17(22)19-14(18(23)24)9-10-25-4)20-16(21)13-8-6-5-7-12(13)3/h5-8,11,14-15H,9-10H2,1-4H3,(H,19,22)(H,20,21)(H,23,24). The van der Waals surface area contributed by atoms with Crippen LogP contribution in [0, 0.1) is 12.8 Å². The van der Waals surface area contributed by atoms with Gasteiger partial charge in [-0.25, -0.2) is 4.79 Å². The van der Waals surface area contributed by atoms with Gasteiger partial charge in [0.15, 0.2) is 0 Å². The van der Waals surface area contributed by atoms with Crippen molar-refractivity contribution in [2.75, 3.05) is 13.7 Å². The second-order valence-electron chi connectivity index (χ2n) is 6.19. The highest BCUT2D eigenvalue weighted by Gasteiger charge is 2.29. The third-order valence-electron chi connectivity index (χ3n) is 3.85. The number of nitrogens with one attached hydrogen (secondary N) is 2. The van der Waals surface area contributed by atoms with Crippen molar-refractivity contribution in [1.29, 1.82) is 0 Å². The number of carbonyl (C=O) groups excluding carboxylic acids is 2. The van der Waals surface area contributed by atoms with E-state index in [1.165, 1.54) is 7.11 Å². The van der Waals surface area contributed by atoms with Gasteiger partial charge in [0, 0.05) is 25.7 Å². The first kappa shape index (κ1) is 20.6. The first-order valence-electron chi connectivity index (χ1n) is 8.16. The molecule has 0 aromatic heterocycles. The summed E-state index contributed by atoms with van der Waals surface area (Å²) in [5, 5.41) is 14.4. The number of hydrogen-bond donors (Lipinski definition) is 3. The van der Waals surface area contributed by atoms with E-state index in [0.717, 1.165) is 5.56 Å². The van der Waals surface area contributed by atoms with Crippen molar-refractivity contribution in [3.8, 4) is 0 Å². The average Bonchev–Trinajstić information content (AvgIpc) is 2.55. The van der Waals surface area contributed by atoms with Crippen LogP contribution < -0.4 is 10.6 Å². The summed E-state index contributed by atoms with van der Waals surface area (Å²) in [6.07, 6.45) is 0.147. The Labute approximate surface area is 147 Å². The molecule has 0 aliphatic heterocycles. The number of aryl methyl sites for hydroxylation is 1. The fraction of sp³-hybridized carbons (Fsp3) is 0.500. The molecule has 0 saturated carbocycles. The molecule has 0 saturated heterocycles. The molecule has 0 aliphatic rings. The summed E-state index contributed by atoms with van der Waals surface area (Å²) < 4.78 is 4.86. The minimum absolute atomic E-state index is 0.147. The lowest BCUT2D eigenvalue weighted by atomic mass is 10.0. The maximum absolute atomic E-state index is 12.5. The predicted molar refractivity (Wildman–Crippen MR) is 93.3 cm³/mol. The van der Waals surface area contributed by atoms with Crippen LogP contribution in [0.1, 0.15) is 36.2 Å². The number of amides is 2. The van der Waals surface area contributed by atoms with Crippen molar-refractivity contribution in [2.24, 2.45) is 5.92 Å². The Morgan fingerprint density at radius 1 is 1.16 bits per heavy atom. The molecule has 0 heterocycles. The van der Waals surface area contributed by atoms with Gasteiger partial charge in [-0.3, -0.25) is 9.59 Å². The number of hydrogen-bond acceptors (Lipinski definition) is 4. The molecule has 7 nitrogen and oxygen atoms in total. The van der Waals surface area contributed by atoms with Gasteiger partial charge in [-0.05, 0) is 24.5 Å². The minimum atomic E-state index is -1.14. The Bertz CT molecular complexity index is 615. The molecule has 2 atom stereocenters. The average molecular weight is 350 g/mol. The smallest absolute Gasteiger partial charge is 0.326 e. The lowest BCUT2D eigenvalue weighted by molar-refractivity contribution is -0.142. The summed E-state index contributed by atoms with van der Waals surface area (Å²) in [5.74, 6) is -2.24. The SMILES string of the molecule is COCCC(NC(=O)C(NC(=O)c1ccccc1C)C(C)C)C(=O)O. The first-order chi connectivity index (χ1) is 11.8. The Kier molecular flexibility index (Phi) is 8.07. The molecule has 0 spiro atoms. The quantitative estimate of drug-likeness (QED) is 0.624. The van der Waals surface area contributed by atoms with Crippen molar-refractivity contribution in [2.45, 2.75) is 39.3 Å². The Morgan fingerprint density at radius 3 is 2.32 bits per heavy atom. The summed E-state index contributed by atoms with van der Waals surface area (Å²) in [6, 6.07) is 5.16. The van der Waals surface area contributed by atoms with E-state index in [2.05, 4.69) is 10.6 Å². The zero-order valence-corrected chi connectivity index (χ0v) is 15.0. The molecule has 7 heteroatoms. The summed E-state index contributed by atoms with van der Waals surface area (Å²) >= 11 is 0. The van der Waals surface area contributed by atoms with E-state index in [1.807, 2.05) is 19.1 Å². The number of ether oxygens (including phenoxy) is 1. The molecule has 1 aromatic carbocycles. The molecular formula is C18H26N2O5. The highest BCUT2D eigenvalue weighted by molar-refractivity contribution is 5.99. The zero-order chi connectivity index (χ0) is 19.0. The van der Waals surface area contributed by atoms with Gasteiger partial charge in [-0.1, -0.05) is 32.0 Å². The van der Waals surface area contributed by atoms with Crippen molar-refractivity contribution < 1.29 is 24.2 Å². The summed E-state index contributed by atoms with van der Waals surface area (Å²) in [4.78, 5) is 36.2. The monoisotopic (exact) mass is 350 g/mol. The topological polar surface area (TPSA) is 105 Å². The van der Waals surface area contributed by atoms with Gasteiger partial charge in [-0.2, -0.15) is 0 Å². The molecule has 0 bridgehead atoms. The zero-order valence-electron chi connectivity index (χ0n) is 15.0. The van der Waals surface area contributed by atoms with E-state index in [1.54, 1.807) is 26.0 Å². The van der Waals surface area contributed by atoms with Crippen LogP contribution in [-0.2, 0) is 14.3 Å². The van der Waals surface area contributed by atoms with Crippen LogP contribution >= 0.6 is 0 Å². The van der Waals surface area contributed by atoms with Crippen molar-refractivity contribution in [3.05, 3.63) is 35.4 Å². The molecule has 0 radical (unpaired) electrons. The lowest BCUT2D eigenvalue weighted by Crippen LogP contribution is -2.54. The largest absolute Gasteiger partial charge is 0.480 e. The fourth-order valence-corrected chi connectivity index (χ4v) is 2.34. The first-order valence-corrected chi connectivity index (χ1v) is 8.16. The number of benzene rings is 1. The second-order valence-corrected chi connectivity index (χ2v) is 6.19. The van der Waals surface area contributed by atoms with Gasteiger partial charge in [0.2, 0.25) is 5.91 Å². The van der Waals surface area contributed by atoms with Crippen LogP contribution in [0.2, 0.25) is 0 Å². The van der Waals surface area contributed by atoms with Crippen LogP contribution in [0.5, 0.6) is 0 Å². The third-order valence-corrected chi connectivity index (χ3v) is 3.85. The molecule has 2 unspecified atom stereocenters. The summed E-state index contributed by atoms with van der Waals surface area (Å²) in [6.45, 7) is 5.59. The number of rotatable bonds is 9. The van der Waals surface area contributed by atoms with Crippen LogP contribution in [-0.4, -0.2) is 48.7 Å². The van der Waals surface area contributed by atoms with E-state index >= 15 is 0 Å². The van der Waals surface area contributed by atoms with Crippen LogP contribution in [0.4, 0.5) is 0 Å². The molecule has 2 amide bonds. The highest BCUT2D eigenvalue weighted by atomic mass is 16.5. The van der Waals surface area contributed by atoms with Gasteiger partial charge in [0.05, 0.1) is 0 Å². The molecule has 1 rings (SSSR count). The van der Waals surface area contributed by atoms with Crippen LogP contribution in [0.25, 0.3) is 0 Å². The normalized spacial score (nSPS) is 13.2. The molecule has 25 heavy (non-hydrogen) atoms. The maximum Gasteiger partial charge on any atom is 0.326 e. The van der Waals surface area contributed by atoms with E-state index in [-0.39, 0.29) is 24.9 Å². The van der Waals surface area contributed by atoms with Gasteiger partial charge in [0.25, 0.3) is 5.91 Å². The lowest BCUT2D eigenvalue weighted by Gasteiger charge is -2.24. The highest BCUT2D eigenvalue weighted by Crippen LogP contribution is 2.10. The van der Waals surface area contributed by atoms with E-state index < -0.39 is 24.0 Å². The maximum atomic E-state index is 12.5. The van der Waals surface area contributed by atoms with Crippen LogP contribution in [0.15, 0.2) is 24.3 Å². The van der Waals surface area contributed by atoms with Crippen LogP contribution in [0.3, 0.4) is 0 Å². The van der Waals surface area contributed by atoms with Crippen molar-refractivity contribution in [1.82, 2.24) is 10.6 Å². The van der Waals surface area contributed by atoms with Gasteiger partial charge < -0.3 is 20.5 Å². The Hall–Kier alpha value is -2.41. The summed E-state index contributed by atoms with van der Waals surface area (Å²) in [7, 11) is 1.46. The predicted octanol–water partition coefficient (Wildman–Crippen LogP) is 1.36. The molecule has 0 fully saturated rings.